The first-order valence-corrected chi connectivity index (χ1v) is 8.53. The lowest BCUT2D eigenvalue weighted by Crippen LogP contribution is -2.24. The van der Waals surface area contributed by atoms with Gasteiger partial charge in [0, 0.05) is 30.5 Å². The van der Waals surface area contributed by atoms with Gasteiger partial charge in [0.1, 0.15) is 6.33 Å². The molecule has 0 bridgehead atoms. The van der Waals surface area contributed by atoms with Crippen molar-refractivity contribution in [2.45, 2.75) is 39.5 Å². The Bertz CT molecular complexity index is 729. The molecule has 3 rings (SSSR count). The molecule has 3 heterocycles. The summed E-state index contributed by atoms with van der Waals surface area (Å²) in [5.41, 5.74) is 1.28. The van der Waals surface area contributed by atoms with E-state index in [2.05, 4.69) is 40.9 Å². The molecule has 0 N–H and O–H groups in total. The van der Waals surface area contributed by atoms with Crippen LogP contribution in [0.5, 0.6) is 5.88 Å². The summed E-state index contributed by atoms with van der Waals surface area (Å²) in [5.74, 6) is 0.867. The van der Waals surface area contributed by atoms with Crippen molar-refractivity contribution in [3.63, 3.8) is 0 Å². The predicted octanol–water partition coefficient (Wildman–Crippen LogP) is 2.92. The fourth-order valence-electron chi connectivity index (χ4n) is 2.83. The van der Waals surface area contributed by atoms with E-state index >= 15 is 0 Å². The van der Waals surface area contributed by atoms with Gasteiger partial charge in [0.05, 0.1) is 18.0 Å². The summed E-state index contributed by atoms with van der Waals surface area (Å²) in [7, 11) is 0. The van der Waals surface area contributed by atoms with Crippen LogP contribution in [-0.4, -0.2) is 39.9 Å². The Morgan fingerprint density at radius 3 is 2.72 bits per heavy atom. The number of anilines is 1. The second-order valence-electron chi connectivity index (χ2n) is 7.52. The summed E-state index contributed by atoms with van der Waals surface area (Å²) >= 11 is 0. The zero-order chi connectivity index (χ0) is 18.0. The van der Waals surface area contributed by atoms with Crippen molar-refractivity contribution in [2.24, 2.45) is 5.92 Å². The third-order valence-corrected chi connectivity index (χ3v) is 4.41. The van der Waals surface area contributed by atoms with Gasteiger partial charge >= 0.3 is 0 Å². The van der Waals surface area contributed by atoms with Gasteiger partial charge < -0.3 is 9.64 Å². The van der Waals surface area contributed by atoms with Crippen molar-refractivity contribution in [3.8, 4) is 5.88 Å². The summed E-state index contributed by atoms with van der Waals surface area (Å²) < 4.78 is 19.9. The molecular weight excluding hydrogens is 321 g/mol. The molecule has 1 aliphatic rings. The molecule has 2 aromatic rings. The number of ether oxygens (including phenoxy) is 1. The van der Waals surface area contributed by atoms with E-state index in [1.54, 1.807) is 6.92 Å². The first-order chi connectivity index (χ1) is 11.8. The molecule has 1 atom stereocenters. The molecule has 1 unspecified atom stereocenters. The van der Waals surface area contributed by atoms with Gasteiger partial charge in [-0.05, 0) is 19.4 Å². The average molecular weight is 345 g/mol. The highest BCUT2D eigenvalue weighted by atomic mass is 19.1. The van der Waals surface area contributed by atoms with Crippen LogP contribution < -0.4 is 9.64 Å². The van der Waals surface area contributed by atoms with Crippen molar-refractivity contribution in [2.75, 3.05) is 24.6 Å². The lowest BCUT2D eigenvalue weighted by Gasteiger charge is -2.19. The Labute approximate surface area is 147 Å². The summed E-state index contributed by atoms with van der Waals surface area (Å²) in [6, 6.07) is 3.80. The summed E-state index contributed by atoms with van der Waals surface area (Å²) in [6.45, 7) is 9.94. The molecule has 0 amide bonds. The second-order valence-corrected chi connectivity index (χ2v) is 7.52. The van der Waals surface area contributed by atoms with E-state index < -0.39 is 0 Å². The standard InChI is InChI=1S/C18H24FN5O/c1-12-16(19)17(21-11-20-12)24-8-7-13(9-24)10-25-15-6-5-14(22-23-15)18(2,3)4/h5-6,11,13H,7-10H2,1-4H3. The minimum Gasteiger partial charge on any atom is -0.476 e. The van der Waals surface area contributed by atoms with Gasteiger partial charge in [0.2, 0.25) is 5.88 Å². The number of hydrogen-bond acceptors (Lipinski definition) is 6. The van der Waals surface area contributed by atoms with Gasteiger partial charge in [-0.25, -0.2) is 14.4 Å². The van der Waals surface area contributed by atoms with Gasteiger partial charge in [-0.1, -0.05) is 20.8 Å². The summed E-state index contributed by atoms with van der Waals surface area (Å²) in [6.07, 6.45) is 2.33. The number of aromatic nitrogens is 4. The Hall–Kier alpha value is -2.31. The third kappa shape index (κ3) is 4.03. The van der Waals surface area contributed by atoms with Crippen LogP contribution in [0.3, 0.4) is 0 Å². The molecule has 1 saturated heterocycles. The maximum Gasteiger partial charge on any atom is 0.233 e. The number of halogens is 1. The van der Waals surface area contributed by atoms with Crippen molar-refractivity contribution in [1.29, 1.82) is 0 Å². The Kier molecular flexibility index (Phi) is 4.83. The van der Waals surface area contributed by atoms with E-state index in [0.29, 0.717) is 36.5 Å². The van der Waals surface area contributed by atoms with Crippen LogP contribution in [0, 0.1) is 18.7 Å². The van der Waals surface area contributed by atoms with Crippen molar-refractivity contribution >= 4 is 5.82 Å². The fourth-order valence-corrected chi connectivity index (χ4v) is 2.83. The number of nitrogens with zero attached hydrogens (tertiary/aromatic N) is 5. The predicted molar refractivity (Wildman–Crippen MR) is 93.3 cm³/mol. The first kappa shape index (κ1) is 17.5. The highest BCUT2D eigenvalue weighted by molar-refractivity contribution is 5.41. The molecule has 0 spiro atoms. The van der Waals surface area contributed by atoms with Gasteiger partial charge in [-0.3, -0.25) is 0 Å². The molecule has 0 aromatic carbocycles. The molecule has 7 heteroatoms. The molecule has 25 heavy (non-hydrogen) atoms. The van der Waals surface area contributed by atoms with Crippen LogP contribution in [0.2, 0.25) is 0 Å². The lowest BCUT2D eigenvalue weighted by molar-refractivity contribution is 0.249. The normalized spacial score (nSPS) is 17.8. The van der Waals surface area contributed by atoms with Crippen LogP contribution in [0.1, 0.15) is 38.6 Å². The highest BCUT2D eigenvalue weighted by Crippen LogP contribution is 2.26. The van der Waals surface area contributed by atoms with Crippen molar-refractivity contribution in [1.82, 2.24) is 20.2 Å². The maximum absolute atomic E-state index is 14.1. The molecule has 1 fully saturated rings. The van der Waals surface area contributed by atoms with E-state index in [4.69, 9.17) is 4.74 Å². The Balaban J connectivity index is 1.56. The van der Waals surface area contributed by atoms with E-state index in [1.807, 2.05) is 17.0 Å². The van der Waals surface area contributed by atoms with Crippen molar-refractivity contribution in [3.05, 3.63) is 35.7 Å². The van der Waals surface area contributed by atoms with E-state index in [-0.39, 0.29) is 11.2 Å². The van der Waals surface area contributed by atoms with E-state index in [0.717, 1.165) is 18.7 Å². The van der Waals surface area contributed by atoms with Crippen LogP contribution >= 0.6 is 0 Å². The molecule has 6 nitrogen and oxygen atoms in total. The monoisotopic (exact) mass is 345 g/mol. The molecule has 134 valence electrons. The average Bonchev–Trinajstić information content (AvgIpc) is 3.04. The summed E-state index contributed by atoms with van der Waals surface area (Å²) in [4.78, 5) is 9.91. The molecule has 2 aromatic heterocycles. The van der Waals surface area contributed by atoms with Gasteiger partial charge in [0.15, 0.2) is 11.6 Å². The molecular formula is C18H24FN5O. The molecule has 0 saturated carbocycles. The van der Waals surface area contributed by atoms with Crippen LogP contribution in [0.25, 0.3) is 0 Å². The Morgan fingerprint density at radius 2 is 2.04 bits per heavy atom. The minimum atomic E-state index is -0.340. The molecule has 0 radical (unpaired) electrons. The lowest BCUT2D eigenvalue weighted by atomic mass is 9.92. The summed E-state index contributed by atoms with van der Waals surface area (Å²) in [5, 5.41) is 8.37. The zero-order valence-electron chi connectivity index (χ0n) is 15.2. The topological polar surface area (TPSA) is 64.0 Å². The maximum atomic E-state index is 14.1. The van der Waals surface area contributed by atoms with Crippen LogP contribution in [-0.2, 0) is 5.41 Å². The number of rotatable bonds is 4. The highest BCUT2D eigenvalue weighted by Gasteiger charge is 2.27. The largest absolute Gasteiger partial charge is 0.476 e. The number of hydrogen-bond donors (Lipinski definition) is 0. The third-order valence-electron chi connectivity index (χ3n) is 4.41. The minimum absolute atomic E-state index is 0.0305. The van der Waals surface area contributed by atoms with E-state index in [9.17, 15) is 4.39 Å². The Morgan fingerprint density at radius 1 is 1.24 bits per heavy atom. The second kappa shape index (κ2) is 6.90. The molecule has 1 aliphatic heterocycles. The number of aryl methyl sites for hydroxylation is 1. The SMILES string of the molecule is Cc1ncnc(N2CCC(COc3ccc(C(C)(C)C)nn3)C2)c1F. The van der Waals surface area contributed by atoms with Crippen molar-refractivity contribution < 1.29 is 9.13 Å². The van der Waals surface area contributed by atoms with E-state index in [1.165, 1.54) is 6.33 Å². The van der Waals surface area contributed by atoms with Crippen LogP contribution in [0.15, 0.2) is 18.5 Å². The quantitative estimate of drug-likeness (QED) is 0.849. The van der Waals surface area contributed by atoms with Gasteiger partial charge in [0.25, 0.3) is 0 Å². The van der Waals surface area contributed by atoms with Crippen LogP contribution in [0.4, 0.5) is 10.2 Å². The zero-order valence-corrected chi connectivity index (χ0v) is 15.2. The fraction of sp³-hybridized carbons (Fsp3) is 0.556. The smallest absolute Gasteiger partial charge is 0.233 e. The van der Waals surface area contributed by atoms with Gasteiger partial charge in [-0.15, -0.1) is 5.10 Å². The van der Waals surface area contributed by atoms with Gasteiger partial charge in [-0.2, -0.15) is 5.10 Å². The first-order valence-electron chi connectivity index (χ1n) is 8.53. The molecule has 0 aliphatic carbocycles.